The van der Waals surface area contributed by atoms with Crippen molar-refractivity contribution in [3.63, 3.8) is 0 Å². The van der Waals surface area contributed by atoms with E-state index in [-0.39, 0.29) is 13.0 Å². The summed E-state index contributed by atoms with van der Waals surface area (Å²) in [5, 5.41) is 25.6. The number of carboxylic acids is 1. The van der Waals surface area contributed by atoms with Gasteiger partial charge in [0.1, 0.15) is 12.1 Å². The van der Waals surface area contributed by atoms with Crippen molar-refractivity contribution in [1.29, 1.82) is 0 Å². The van der Waals surface area contributed by atoms with Crippen molar-refractivity contribution < 1.29 is 29.4 Å². The van der Waals surface area contributed by atoms with Gasteiger partial charge >= 0.3 is 5.97 Å². The Labute approximate surface area is 165 Å². The van der Waals surface area contributed by atoms with E-state index >= 15 is 0 Å². The van der Waals surface area contributed by atoms with Gasteiger partial charge in [-0.3, -0.25) is 14.4 Å². The maximum absolute atomic E-state index is 12.5. The number of nitrogens with one attached hydrogen (secondary N) is 4. The Bertz CT molecular complexity index is 896. The van der Waals surface area contributed by atoms with Crippen molar-refractivity contribution in [2.75, 3.05) is 19.7 Å². The molecule has 0 saturated carbocycles. The molecule has 2 rings (SSSR count). The smallest absolute Gasteiger partial charge is 0.328 e. The number of carbonyl (C=O) groups is 4. The van der Waals surface area contributed by atoms with Gasteiger partial charge in [0.05, 0.1) is 19.7 Å². The number of rotatable bonds is 10. The standard InChI is InChI=1S/C18H23N5O6/c19-6-15(25)22-13(5-10-7-20-12-4-2-1-3-11(10)12)17(27)21-8-16(26)23-14(9-24)18(28)29/h1-4,7,13-14,20,24H,5-6,8-9,19H2,(H,21,27)(H,22,25)(H,23,26)(H,28,29)/t13-,14-/m0/s1. The number of amides is 3. The lowest BCUT2D eigenvalue weighted by Gasteiger charge is -2.18. The molecule has 0 saturated heterocycles. The second-order valence-corrected chi connectivity index (χ2v) is 6.25. The number of aliphatic hydroxyl groups is 1. The predicted molar refractivity (Wildman–Crippen MR) is 103 cm³/mol. The topological polar surface area (TPSA) is 187 Å². The van der Waals surface area contributed by atoms with Crippen molar-refractivity contribution in [2.24, 2.45) is 5.73 Å². The molecule has 2 aromatic rings. The molecule has 1 aromatic carbocycles. The van der Waals surface area contributed by atoms with Gasteiger partial charge in [-0.15, -0.1) is 0 Å². The molecule has 1 heterocycles. The number of aromatic nitrogens is 1. The van der Waals surface area contributed by atoms with Gasteiger partial charge in [-0.25, -0.2) is 4.79 Å². The first-order valence-electron chi connectivity index (χ1n) is 8.80. The number of aliphatic carboxylic acids is 1. The third-order valence-electron chi connectivity index (χ3n) is 4.18. The minimum atomic E-state index is -1.47. The van der Waals surface area contributed by atoms with E-state index in [1.54, 1.807) is 6.20 Å². The largest absolute Gasteiger partial charge is 0.480 e. The average Bonchev–Trinajstić information content (AvgIpc) is 3.12. The molecular weight excluding hydrogens is 382 g/mol. The van der Waals surface area contributed by atoms with Crippen molar-refractivity contribution in [3.8, 4) is 0 Å². The normalized spacial score (nSPS) is 12.8. The molecule has 29 heavy (non-hydrogen) atoms. The third kappa shape index (κ3) is 6.02. The Kier molecular flexibility index (Phi) is 7.69. The van der Waals surface area contributed by atoms with Gasteiger partial charge in [0, 0.05) is 23.5 Å². The van der Waals surface area contributed by atoms with Crippen LogP contribution in [0, 0.1) is 0 Å². The number of aromatic amines is 1. The highest BCUT2D eigenvalue weighted by Crippen LogP contribution is 2.19. The average molecular weight is 405 g/mol. The van der Waals surface area contributed by atoms with Crippen molar-refractivity contribution >= 4 is 34.6 Å². The zero-order valence-corrected chi connectivity index (χ0v) is 15.5. The third-order valence-corrected chi connectivity index (χ3v) is 4.18. The van der Waals surface area contributed by atoms with E-state index in [9.17, 15) is 19.2 Å². The Morgan fingerprint density at radius 1 is 1.07 bits per heavy atom. The van der Waals surface area contributed by atoms with Crippen LogP contribution in [-0.4, -0.2) is 70.7 Å². The van der Waals surface area contributed by atoms with Gasteiger partial charge in [-0.05, 0) is 11.6 Å². The summed E-state index contributed by atoms with van der Waals surface area (Å²) >= 11 is 0. The van der Waals surface area contributed by atoms with Crippen LogP contribution in [0.4, 0.5) is 0 Å². The molecule has 0 aliphatic rings. The van der Waals surface area contributed by atoms with E-state index < -0.39 is 48.9 Å². The van der Waals surface area contributed by atoms with Crippen LogP contribution in [0.3, 0.4) is 0 Å². The number of aliphatic hydroxyl groups excluding tert-OH is 1. The highest BCUT2D eigenvalue weighted by Gasteiger charge is 2.24. The molecule has 0 spiro atoms. The van der Waals surface area contributed by atoms with Gasteiger partial charge < -0.3 is 36.9 Å². The molecule has 156 valence electrons. The van der Waals surface area contributed by atoms with Crippen molar-refractivity contribution in [3.05, 3.63) is 36.0 Å². The molecule has 3 amide bonds. The Morgan fingerprint density at radius 3 is 2.41 bits per heavy atom. The van der Waals surface area contributed by atoms with Gasteiger partial charge in [-0.2, -0.15) is 0 Å². The molecule has 8 N–H and O–H groups in total. The van der Waals surface area contributed by atoms with Crippen LogP contribution in [0.2, 0.25) is 0 Å². The molecule has 0 radical (unpaired) electrons. The summed E-state index contributed by atoms with van der Waals surface area (Å²) in [7, 11) is 0. The SMILES string of the molecule is NCC(=O)N[C@@H](Cc1c[nH]c2ccccc12)C(=O)NCC(=O)N[C@@H](CO)C(=O)O. The predicted octanol–water partition coefficient (Wildman–Crippen LogP) is -2.17. The fourth-order valence-electron chi connectivity index (χ4n) is 2.70. The lowest BCUT2D eigenvalue weighted by molar-refractivity contribution is -0.142. The zero-order chi connectivity index (χ0) is 21.4. The molecule has 0 fully saturated rings. The van der Waals surface area contributed by atoms with Crippen LogP contribution >= 0.6 is 0 Å². The van der Waals surface area contributed by atoms with Crippen LogP contribution in [0.5, 0.6) is 0 Å². The van der Waals surface area contributed by atoms with E-state index in [1.807, 2.05) is 24.3 Å². The minimum Gasteiger partial charge on any atom is -0.480 e. The fourth-order valence-corrected chi connectivity index (χ4v) is 2.70. The van der Waals surface area contributed by atoms with Gasteiger partial charge in [0.2, 0.25) is 17.7 Å². The number of hydrogen-bond donors (Lipinski definition) is 7. The summed E-state index contributed by atoms with van der Waals surface area (Å²) in [5.74, 6) is -3.38. The first-order valence-corrected chi connectivity index (χ1v) is 8.80. The van der Waals surface area contributed by atoms with Crippen molar-refractivity contribution in [1.82, 2.24) is 20.9 Å². The highest BCUT2D eigenvalue weighted by molar-refractivity contribution is 5.93. The maximum Gasteiger partial charge on any atom is 0.328 e. The zero-order valence-electron chi connectivity index (χ0n) is 15.5. The van der Waals surface area contributed by atoms with E-state index in [0.29, 0.717) is 0 Å². The first kappa shape index (κ1) is 21.9. The summed E-state index contributed by atoms with van der Waals surface area (Å²) < 4.78 is 0. The molecule has 11 nitrogen and oxygen atoms in total. The quantitative estimate of drug-likeness (QED) is 0.234. The summed E-state index contributed by atoms with van der Waals surface area (Å²) in [4.78, 5) is 50.0. The van der Waals surface area contributed by atoms with Crippen LogP contribution in [0.15, 0.2) is 30.5 Å². The van der Waals surface area contributed by atoms with Crippen LogP contribution in [0.1, 0.15) is 5.56 Å². The molecule has 0 aliphatic carbocycles. The summed E-state index contributed by atoms with van der Waals surface area (Å²) in [6.45, 7) is -1.62. The number of nitrogens with two attached hydrogens (primary N) is 1. The van der Waals surface area contributed by atoms with Crippen molar-refractivity contribution in [2.45, 2.75) is 18.5 Å². The molecule has 0 bridgehead atoms. The molecular formula is C18H23N5O6. The molecule has 1 aromatic heterocycles. The monoisotopic (exact) mass is 405 g/mol. The molecule has 0 aliphatic heterocycles. The van der Waals surface area contributed by atoms with Gasteiger partial charge in [0.25, 0.3) is 0 Å². The van der Waals surface area contributed by atoms with E-state index in [2.05, 4.69) is 20.9 Å². The number of hydrogen-bond acceptors (Lipinski definition) is 6. The minimum absolute atomic E-state index is 0.150. The van der Waals surface area contributed by atoms with Crippen LogP contribution < -0.4 is 21.7 Å². The second-order valence-electron chi connectivity index (χ2n) is 6.25. The summed E-state index contributed by atoms with van der Waals surface area (Å²) in [6.07, 6.45) is 1.88. The van der Waals surface area contributed by atoms with E-state index in [1.165, 1.54) is 0 Å². The number of para-hydroxylation sites is 1. The van der Waals surface area contributed by atoms with E-state index in [0.717, 1.165) is 16.5 Å². The second kappa shape index (κ2) is 10.2. The first-order chi connectivity index (χ1) is 13.8. The highest BCUT2D eigenvalue weighted by atomic mass is 16.4. The van der Waals surface area contributed by atoms with Crippen LogP contribution in [-0.2, 0) is 25.6 Å². The Balaban J connectivity index is 2.05. The number of fused-ring (bicyclic) bond motifs is 1. The summed E-state index contributed by atoms with van der Waals surface area (Å²) in [6, 6.07) is 4.98. The van der Waals surface area contributed by atoms with E-state index in [4.69, 9.17) is 15.9 Å². The maximum atomic E-state index is 12.5. The van der Waals surface area contributed by atoms with Gasteiger partial charge in [0.15, 0.2) is 0 Å². The lowest BCUT2D eigenvalue weighted by Crippen LogP contribution is -2.52. The number of benzene rings is 1. The lowest BCUT2D eigenvalue weighted by atomic mass is 10.0. The van der Waals surface area contributed by atoms with Gasteiger partial charge in [-0.1, -0.05) is 18.2 Å². The Morgan fingerprint density at radius 2 is 1.76 bits per heavy atom. The number of H-pyrrole nitrogens is 1. The molecule has 0 unspecified atom stereocenters. The number of carbonyl (C=O) groups excluding carboxylic acids is 3. The number of carboxylic acid groups (broad SMARTS) is 1. The Hall–Kier alpha value is -3.44. The fraction of sp³-hybridized carbons (Fsp3) is 0.333. The van der Waals surface area contributed by atoms with Crippen LogP contribution in [0.25, 0.3) is 10.9 Å². The molecule has 11 heteroatoms. The summed E-state index contributed by atoms with van der Waals surface area (Å²) in [5.41, 5.74) is 6.97. The molecule has 2 atom stereocenters.